The number of aromatic nitrogens is 2. The number of nitrogens with one attached hydrogen (secondary N) is 1. The number of carbonyl (C=O) groups is 1. The molecule has 5 N–H and O–H groups in total. The Balaban J connectivity index is 2.38. The third-order valence-electron chi connectivity index (χ3n) is 3.12. The lowest BCUT2D eigenvalue weighted by atomic mass is 9.97. The van der Waals surface area contributed by atoms with Crippen molar-refractivity contribution < 1.29 is 23.9 Å². The number of Topliss-reactive ketones (excluding diaryl/α,β-unsaturated/α-hetero) is 1. The summed E-state index contributed by atoms with van der Waals surface area (Å²) < 4.78 is 11.4. The molecule has 1 unspecified atom stereocenters. The largest absolute Gasteiger partial charge is 0.437 e. The van der Waals surface area contributed by atoms with E-state index in [2.05, 4.69) is 14.8 Å². The molecule has 120 valence electrons. The molecule has 9 nitrogen and oxygen atoms in total. The molecule has 0 aliphatic carbocycles. The second-order valence-electron chi connectivity index (χ2n) is 4.75. The Labute approximate surface area is 131 Å². The molecule has 0 spiro atoms. The first-order chi connectivity index (χ1) is 10.8. The molecule has 0 radical (unpaired) electrons. The number of rotatable bonds is 6. The van der Waals surface area contributed by atoms with Gasteiger partial charge in [-0.1, -0.05) is 18.2 Å². The fourth-order valence-corrected chi connectivity index (χ4v) is 2.71. The van der Waals surface area contributed by atoms with E-state index in [-0.39, 0.29) is 17.5 Å². The zero-order valence-corrected chi connectivity index (χ0v) is 12.7. The van der Waals surface area contributed by atoms with E-state index in [1.165, 1.54) is 30.6 Å². The Hall–Kier alpha value is -2.41. The number of hydrogen-bond donors (Lipinski definition) is 4. The van der Waals surface area contributed by atoms with E-state index in [9.17, 15) is 19.1 Å². The van der Waals surface area contributed by atoms with Crippen LogP contribution >= 0.6 is 7.60 Å². The number of H-pyrrole nitrogens is 1. The minimum Gasteiger partial charge on any atom is -0.360 e. The predicted octanol–water partition coefficient (Wildman–Crippen LogP) is 0.317. The highest BCUT2D eigenvalue weighted by Gasteiger charge is 2.37. The Bertz CT molecular complexity index is 808. The second-order valence-corrected chi connectivity index (χ2v) is 6.26. The van der Waals surface area contributed by atoms with Crippen molar-refractivity contribution in [1.82, 2.24) is 9.97 Å². The summed E-state index contributed by atoms with van der Waals surface area (Å²) in [6.45, 7) is 0. The molecule has 0 fully saturated rings. The molecule has 0 aliphatic heterocycles. The van der Waals surface area contributed by atoms with Crippen LogP contribution in [0.25, 0.3) is 5.53 Å². The molecule has 1 aromatic carbocycles. The van der Waals surface area contributed by atoms with Crippen molar-refractivity contribution in [2.24, 2.45) is 5.73 Å². The molecule has 0 saturated heterocycles. The molecule has 0 amide bonds. The van der Waals surface area contributed by atoms with E-state index in [4.69, 9.17) is 11.3 Å². The number of hydrogen-bond acceptors (Lipinski definition) is 4. The molecular weight excluding hydrogens is 321 g/mol. The van der Waals surface area contributed by atoms with E-state index in [1.54, 1.807) is 6.20 Å². The van der Waals surface area contributed by atoms with Crippen LogP contribution in [0.2, 0.25) is 0 Å². The van der Waals surface area contributed by atoms with Gasteiger partial charge in [0, 0.05) is 18.2 Å². The summed E-state index contributed by atoms with van der Waals surface area (Å²) in [6, 6.07) is 4.67. The van der Waals surface area contributed by atoms with Gasteiger partial charge in [-0.25, -0.2) is 9.55 Å². The highest BCUT2D eigenvalue weighted by Crippen LogP contribution is 2.39. The average molecular weight is 335 g/mol. The van der Waals surface area contributed by atoms with Crippen molar-refractivity contribution in [3.05, 3.63) is 59.1 Å². The van der Waals surface area contributed by atoms with Gasteiger partial charge in [-0.3, -0.25) is 4.79 Å². The summed E-state index contributed by atoms with van der Waals surface area (Å²) in [7, 11) is -4.86. The maximum absolute atomic E-state index is 12.5. The minimum atomic E-state index is -4.86. The zero-order chi connectivity index (χ0) is 17.0. The minimum absolute atomic E-state index is 0.0355. The molecular formula is C13H14N5O4P. The van der Waals surface area contributed by atoms with Gasteiger partial charge in [0.15, 0.2) is 5.78 Å². The molecule has 0 saturated carbocycles. The quantitative estimate of drug-likeness (QED) is 0.195. The fourth-order valence-electron chi connectivity index (χ4n) is 2.08. The summed E-state index contributed by atoms with van der Waals surface area (Å²) >= 11 is 0. The van der Waals surface area contributed by atoms with Crippen molar-refractivity contribution in [2.75, 3.05) is 0 Å². The molecule has 2 aromatic rings. The second kappa shape index (κ2) is 6.78. The molecule has 0 aliphatic rings. The summed E-state index contributed by atoms with van der Waals surface area (Å²) in [6.07, 6.45) is 3.19. The van der Waals surface area contributed by atoms with Crippen LogP contribution < -0.4 is 5.73 Å². The van der Waals surface area contributed by atoms with Crippen molar-refractivity contribution in [3.8, 4) is 0 Å². The van der Waals surface area contributed by atoms with Gasteiger partial charge < -0.3 is 26.0 Å². The van der Waals surface area contributed by atoms with Crippen LogP contribution in [0.15, 0.2) is 36.8 Å². The number of carbonyl (C=O) groups excluding carboxylic acids is 1. The van der Waals surface area contributed by atoms with Gasteiger partial charge in [0.05, 0.1) is 23.6 Å². The summed E-state index contributed by atoms with van der Waals surface area (Å²) in [5, 5.41) is 0. The molecule has 0 bridgehead atoms. The van der Waals surface area contributed by atoms with E-state index >= 15 is 0 Å². The van der Waals surface area contributed by atoms with Gasteiger partial charge in [0.2, 0.25) is 0 Å². The molecule has 1 aromatic heterocycles. The average Bonchev–Trinajstić information content (AvgIpc) is 2.99. The summed E-state index contributed by atoms with van der Waals surface area (Å²) in [5.41, 5.74) is 14.3. The van der Waals surface area contributed by atoms with Crippen LogP contribution in [-0.2, 0) is 11.0 Å². The summed E-state index contributed by atoms with van der Waals surface area (Å²) in [4.78, 5) is 40.3. The van der Waals surface area contributed by atoms with E-state index < -0.39 is 24.9 Å². The van der Waals surface area contributed by atoms with Crippen molar-refractivity contribution in [2.45, 2.75) is 12.5 Å². The highest BCUT2D eigenvalue weighted by atomic mass is 31.2. The SMILES string of the molecule is [N-]=[N+]=C(c1ccccc1C(=O)C(N)Cc1c[nH]cn1)P(=O)(O)O. The van der Waals surface area contributed by atoms with Gasteiger partial charge in [-0.15, -0.1) is 0 Å². The van der Waals surface area contributed by atoms with Crippen LogP contribution in [0.5, 0.6) is 0 Å². The zero-order valence-electron chi connectivity index (χ0n) is 11.8. The van der Waals surface area contributed by atoms with Crippen LogP contribution in [0.3, 0.4) is 0 Å². The first kappa shape index (κ1) is 17.0. The van der Waals surface area contributed by atoms with Gasteiger partial charge in [0.25, 0.3) is 0 Å². The van der Waals surface area contributed by atoms with Crippen LogP contribution in [0.4, 0.5) is 0 Å². The number of benzene rings is 1. The van der Waals surface area contributed by atoms with Crippen LogP contribution in [0, 0.1) is 0 Å². The Morgan fingerprint density at radius 1 is 1.39 bits per heavy atom. The third-order valence-corrected chi connectivity index (χ3v) is 4.01. The molecule has 2 rings (SSSR count). The van der Waals surface area contributed by atoms with Crippen LogP contribution in [0.1, 0.15) is 21.6 Å². The molecule has 1 heterocycles. The predicted molar refractivity (Wildman–Crippen MR) is 80.8 cm³/mol. The standard InChI is InChI=1S/C13H14N5O4P/c14-11(5-8-6-16-7-17-8)12(19)9-3-1-2-4-10(9)13(18-15)23(20,21)22/h1-4,6-7,11H,5,14H2,(H,16,17)(H2,20,21,22). The normalized spacial score (nSPS) is 12.5. The molecule has 1 atom stereocenters. The maximum Gasteiger partial charge on any atom is 0.437 e. The first-order valence-corrected chi connectivity index (χ1v) is 8.11. The fraction of sp³-hybridized carbons (Fsp3) is 0.154. The van der Waals surface area contributed by atoms with Gasteiger partial charge in [-0.2, -0.15) is 4.79 Å². The maximum atomic E-state index is 12.5. The number of nitrogens with zero attached hydrogens (tertiary/aromatic N) is 3. The van der Waals surface area contributed by atoms with Crippen molar-refractivity contribution in [3.63, 3.8) is 0 Å². The van der Waals surface area contributed by atoms with Gasteiger partial charge in [-0.05, 0) is 6.07 Å². The highest BCUT2D eigenvalue weighted by molar-refractivity contribution is 7.70. The number of nitrogens with two attached hydrogens (primary N) is 1. The number of imidazole rings is 1. The lowest BCUT2D eigenvalue weighted by Gasteiger charge is -2.11. The third kappa shape index (κ3) is 3.87. The lowest BCUT2D eigenvalue weighted by molar-refractivity contribution is -0.00159. The molecule has 10 heteroatoms. The smallest absolute Gasteiger partial charge is 0.360 e. The Kier molecular flexibility index (Phi) is 5.00. The summed E-state index contributed by atoms with van der Waals surface area (Å²) in [5.74, 6) is -0.543. The Morgan fingerprint density at radius 2 is 2.04 bits per heavy atom. The Morgan fingerprint density at radius 3 is 2.57 bits per heavy atom. The number of aromatic amines is 1. The van der Waals surface area contributed by atoms with Gasteiger partial charge in [0.1, 0.15) is 0 Å². The van der Waals surface area contributed by atoms with Crippen LogP contribution in [-0.4, -0.2) is 41.8 Å². The first-order valence-electron chi connectivity index (χ1n) is 6.49. The monoisotopic (exact) mass is 335 g/mol. The topological polar surface area (TPSA) is 166 Å². The van der Waals surface area contributed by atoms with E-state index in [0.717, 1.165) is 0 Å². The van der Waals surface area contributed by atoms with Crippen molar-refractivity contribution >= 4 is 18.8 Å². The van der Waals surface area contributed by atoms with E-state index in [0.29, 0.717) is 5.69 Å². The lowest BCUT2D eigenvalue weighted by Crippen LogP contribution is -2.34. The number of ketones is 1. The van der Waals surface area contributed by atoms with Gasteiger partial charge >= 0.3 is 13.0 Å². The van der Waals surface area contributed by atoms with E-state index in [1.807, 2.05) is 0 Å². The van der Waals surface area contributed by atoms with Crippen molar-refractivity contribution in [1.29, 1.82) is 0 Å². The molecule has 23 heavy (non-hydrogen) atoms.